The minimum atomic E-state index is -0.393. The second kappa shape index (κ2) is 5.88. The van der Waals surface area contributed by atoms with Crippen molar-refractivity contribution in [3.63, 3.8) is 0 Å². The lowest BCUT2D eigenvalue weighted by molar-refractivity contribution is -0.0329. The van der Waals surface area contributed by atoms with Crippen molar-refractivity contribution in [3.8, 4) is 0 Å². The second-order valence-corrected chi connectivity index (χ2v) is 8.15. The summed E-state index contributed by atoms with van der Waals surface area (Å²) in [5, 5.41) is 17.2. The summed E-state index contributed by atoms with van der Waals surface area (Å²) >= 11 is 6.31. The number of aliphatic hydroxyl groups is 1. The third-order valence-corrected chi connectivity index (χ3v) is 5.31. The van der Waals surface area contributed by atoms with Gasteiger partial charge < -0.3 is 10.4 Å². The van der Waals surface area contributed by atoms with Gasteiger partial charge in [0.05, 0.1) is 0 Å². The van der Waals surface area contributed by atoms with Gasteiger partial charge in [-0.25, -0.2) is 0 Å². The number of nitrogens with one attached hydrogen (secondary N) is 2. The second-order valence-electron chi connectivity index (χ2n) is 7.53. The Morgan fingerprint density at radius 2 is 1.74 bits per heavy atom. The molecule has 0 aromatic carbocycles. The number of aliphatic hydroxyl groups excluding tert-OH is 1. The molecule has 2 fully saturated rings. The Morgan fingerprint density at radius 1 is 1.05 bits per heavy atom. The van der Waals surface area contributed by atoms with Crippen molar-refractivity contribution >= 4 is 11.6 Å². The van der Waals surface area contributed by atoms with E-state index in [0.717, 1.165) is 25.9 Å². The Kier molecular flexibility index (Phi) is 4.82. The van der Waals surface area contributed by atoms with E-state index in [0.29, 0.717) is 17.9 Å². The van der Waals surface area contributed by atoms with Gasteiger partial charge in [-0.3, -0.25) is 5.32 Å². The van der Waals surface area contributed by atoms with Crippen LogP contribution >= 0.6 is 11.6 Å². The van der Waals surface area contributed by atoms with E-state index in [1.165, 1.54) is 0 Å². The van der Waals surface area contributed by atoms with Gasteiger partial charge in [0, 0.05) is 23.9 Å². The van der Waals surface area contributed by atoms with Crippen LogP contribution in [0.25, 0.3) is 0 Å². The molecule has 2 saturated heterocycles. The van der Waals surface area contributed by atoms with Crippen LogP contribution < -0.4 is 10.6 Å². The molecule has 0 aliphatic carbocycles. The molecule has 2 aliphatic heterocycles. The molecule has 4 heteroatoms. The molecule has 0 saturated carbocycles. The van der Waals surface area contributed by atoms with Gasteiger partial charge in [0.15, 0.2) is 0 Å². The van der Waals surface area contributed by atoms with Crippen molar-refractivity contribution in [3.05, 3.63) is 0 Å². The molecule has 0 aromatic heterocycles. The number of alkyl halides is 1. The van der Waals surface area contributed by atoms with Crippen LogP contribution in [0.1, 0.15) is 40.5 Å². The van der Waals surface area contributed by atoms with Gasteiger partial charge in [0.25, 0.3) is 0 Å². The van der Waals surface area contributed by atoms with Crippen molar-refractivity contribution in [1.82, 2.24) is 10.6 Å². The van der Waals surface area contributed by atoms with Gasteiger partial charge in [-0.1, -0.05) is 20.8 Å². The predicted molar refractivity (Wildman–Crippen MR) is 80.3 cm³/mol. The summed E-state index contributed by atoms with van der Waals surface area (Å²) in [6.07, 6.45) is 1.67. The third-order valence-electron chi connectivity index (χ3n) is 4.97. The van der Waals surface area contributed by atoms with Crippen LogP contribution in [0.4, 0.5) is 0 Å². The average Bonchev–Trinajstić information content (AvgIpc) is 2.30. The third kappa shape index (κ3) is 3.63. The summed E-state index contributed by atoms with van der Waals surface area (Å²) < 4.78 is 0. The van der Waals surface area contributed by atoms with E-state index < -0.39 is 6.23 Å². The fourth-order valence-electron chi connectivity index (χ4n) is 3.87. The van der Waals surface area contributed by atoms with E-state index in [4.69, 9.17) is 11.6 Å². The maximum Gasteiger partial charge on any atom is 0.108 e. The van der Waals surface area contributed by atoms with Crippen LogP contribution in [0.5, 0.6) is 0 Å². The van der Waals surface area contributed by atoms with Crippen LogP contribution in [0.2, 0.25) is 0 Å². The molecule has 6 unspecified atom stereocenters. The van der Waals surface area contributed by atoms with Gasteiger partial charge in [-0.2, -0.15) is 0 Å². The van der Waals surface area contributed by atoms with Crippen LogP contribution in [0.3, 0.4) is 0 Å². The normalized spacial score (nSPS) is 45.2. The van der Waals surface area contributed by atoms with E-state index in [9.17, 15) is 5.11 Å². The van der Waals surface area contributed by atoms with Crippen molar-refractivity contribution in [2.45, 2.75) is 58.2 Å². The fraction of sp³-hybridized carbons (Fsp3) is 1.00. The Labute approximate surface area is 122 Å². The SMILES string of the molecule is CC1CC(C2CC(Cl)CNC2O)C(C(C)(C)C)CN1. The van der Waals surface area contributed by atoms with E-state index in [-0.39, 0.29) is 16.7 Å². The highest BCUT2D eigenvalue weighted by Crippen LogP contribution is 2.43. The predicted octanol–water partition coefficient (Wildman–Crippen LogP) is 2.18. The molecular weight excluding hydrogens is 260 g/mol. The maximum absolute atomic E-state index is 10.3. The first-order valence-electron chi connectivity index (χ1n) is 7.58. The van der Waals surface area contributed by atoms with Crippen molar-refractivity contribution in [2.24, 2.45) is 23.2 Å². The average molecular weight is 289 g/mol. The first-order chi connectivity index (χ1) is 8.79. The molecule has 2 rings (SSSR count). The first kappa shape index (κ1) is 15.6. The van der Waals surface area contributed by atoms with E-state index in [1.54, 1.807) is 0 Å². The monoisotopic (exact) mass is 288 g/mol. The summed E-state index contributed by atoms with van der Waals surface area (Å²) in [5.74, 6) is 1.41. The first-order valence-corrected chi connectivity index (χ1v) is 8.01. The van der Waals surface area contributed by atoms with Gasteiger partial charge >= 0.3 is 0 Å². The summed E-state index contributed by atoms with van der Waals surface area (Å²) in [4.78, 5) is 0. The fourth-order valence-corrected chi connectivity index (χ4v) is 4.17. The zero-order valence-corrected chi connectivity index (χ0v) is 13.4. The van der Waals surface area contributed by atoms with Crippen molar-refractivity contribution in [1.29, 1.82) is 0 Å². The molecule has 0 spiro atoms. The van der Waals surface area contributed by atoms with E-state index in [2.05, 4.69) is 38.3 Å². The minimum Gasteiger partial charge on any atom is -0.378 e. The van der Waals surface area contributed by atoms with Crippen LogP contribution in [-0.4, -0.2) is 35.8 Å². The van der Waals surface area contributed by atoms with Crippen molar-refractivity contribution < 1.29 is 5.11 Å². The molecular formula is C15H29ClN2O. The smallest absolute Gasteiger partial charge is 0.108 e. The quantitative estimate of drug-likeness (QED) is 0.648. The Bertz CT molecular complexity index is 305. The summed E-state index contributed by atoms with van der Waals surface area (Å²) in [5.41, 5.74) is 0.261. The number of hydrogen-bond acceptors (Lipinski definition) is 3. The lowest BCUT2D eigenvalue weighted by Crippen LogP contribution is -2.56. The van der Waals surface area contributed by atoms with Gasteiger partial charge in [-0.05, 0) is 43.6 Å². The highest BCUT2D eigenvalue weighted by molar-refractivity contribution is 6.20. The van der Waals surface area contributed by atoms with Gasteiger partial charge in [-0.15, -0.1) is 11.6 Å². The Morgan fingerprint density at radius 3 is 2.37 bits per heavy atom. The molecule has 2 heterocycles. The summed E-state index contributed by atoms with van der Waals surface area (Å²) in [6, 6.07) is 0.534. The lowest BCUT2D eigenvalue weighted by Gasteiger charge is -2.49. The number of rotatable bonds is 1. The Hall–Kier alpha value is 0.170. The van der Waals surface area contributed by atoms with Crippen LogP contribution in [0, 0.1) is 23.2 Å². The zero-order valence-electron chi connectivity index (χ0n) is 12.6. The van der Waals surface area contributed by atoms with Gasteiger partial charge in [0.1, 0.15) is 6.23 Å². The molecule has 0 bridgehead atoms. The Balaban J connectivity index is 2.16. The molecule has 3 nitrogen and oxygen atoms in total. The molecule has 6 atom stereocenters. The summed E-state index contributed by atoms with van der Waals surface area (Å²) in [6.45, 7) is 10.9. The molecule has 3 N–H and O–H groups in total. The highest BCUT2D eigenvalue weighted by atomic mass is 35.5. The molecule has 19 heavy (non-hydrogen) atoms. The highest BCUT2D eigenvalue weighted by Gasteiger charge is 2.44. The van der Waals surface area contributed by atoms with Crippen molar-refractivity contribution in [2.75, 3.05) is 13.1 Å². The van der Waals surface area contributed by atoms with E-state index >= 15 is 0 Å². The molecule has 0 radical (unpaired) electrons. The number of piperidine rings is 2. The number of halogens is 1. The van der Waals surface area contributed by atoms with Crippen LogP contribution in [0.15, 0.2) is 0 Å². The molecule has 112 valence electrons. The topological polar surface area (TPSA) is 44.3 Å². The molecule has 0 amide bonds. The lowest BCUT2D eigenvalue weighted by atomic mass is 9.63. The maximum atomic E-state index is 10.3. The van der Waals surface area contributed by atoms with Gasteiger partial charge in [0.2, 0.25) is 0 Å². The largest absolute Gasteiger partial charge is 0.378 e. The van der Waals surface area contributed by atoms with E-state index in [1.807, 2.05) is 0 Å². The molecule has 2 aliphatic rings. The molecule has 0 aromatic rings. The number of hydrogen-bond donors (Lipinski definition) is 3. The zero-order chi connectivity index (χ0) is 14.2. The minimum absolute atomic E-state index is 0.152. The standard InChI is InChI=1S/C15H29ClN2O/c1-9-5-11(13(8-17-9)15(2,3)4)12-6-10(16)7-18-14(12)19/h9-14,17-19H,5-8H2,1-4H3. The summed E-state index contributed by atoms with van der Waals surface area (Å²) in [7, 11) is 0. The van der Waals surface area contributed by atoms with Crippen LogP contribution in [-0.2, 0) is 0 Å².